The number of ether oxygens (including phenoxy) is 2. The van der Waals surface area contributed by atoms with Crippen LogP contribution < -0.4 is 15.6 Å². The lowest BCUT2D eigenvalue weighted by molar-refractivity contribution is -0.137. The van der Waals surface area contributed by atoms with Crippen LogP contribution in [0.25, 0.3) is 33.6 Å². The Labute approximate surface area is 257 Å². The molecule has 0 saturated heterocycles. The highest BCUT2D eigenvalue weighted by Crippen LogP contribution is 2.36. The molecule has 230 valence electrons. The van der Waals surface area contributed by atoms with Gasteiger partial charge in [0, 0.05) is 11.1 Å². The van der Waals surface area contributed by atoms with E-state index in [0.29, 0.717) is 28.2 Å². The zero-order valence-electron chi connectivity index (χ0n) is 26.2. The number of aryl methyl sites for hydroxylation is 1. The third kappa shape index (κ3) is 6.61. The Morgan fingerprint density at radius 1 is 0.977 bits per heavy atom. The molecule has 9 nitrogen and oxygen atoms in total. The number of carbonyl (C=O) groups excluding carboxylic acids is 2. The number of hydrogen-bond acceptors (Lipinski definition) is 6. The molecule has 0 unspecified atom stereocenters. The van der Waals surface area contributed by atoms with E-state index in [1.807, 2.05) is 51.1 Å². The number of nitrogens with zero attached hydrogens (tertiary/aromatic N) is 2. The number of benzene rings is 2. The van der Waals surface area contributed by atoms with Crippen molar-refractivity contribution in [2.24, 2.45) is 5.92 Å². The van der Waals surface area contributed by atoms with E-state index in [1.54, 1.807) is 49.6 Å². The minimum atomic E-state index is -0.900. The maximum atomic E-state index is 14.0. The lowest BCUT2D eigenvalue weighted by atomic mass is 9.92. The molecule has 44 heavy (non-hydrogen) atoms. The van der Waals surface area contributed by atoms with Gasteiger partial charge in [-0.1, -0.05) is 62.4 Å². The number of fused-ring (bicyclic) bond motifs is 1. The number of amides is 1. The minimum Gasteiger partial charge on any atom is -0.444 e. The number of hydrogen-bond donors (Lipinski definition) is 2. The van der Waals surface area contributed by atoms with Crippen LogP contribution in [0.15, 0.2) is 65.5 Å². The van der Waals surface area contributed by atoms with Gasteiger partial charge in [-0.25, -0.2) is 14.6 Å². The van der Waals surface area contributed by atoms with Gasteiger partial charge in [0.2, 0.25) is 0 Å². The molecular formula is C35H40N4O5. The van der Waals surface area contributed by atoms with E-state index >= 15 is 0 Å². The van der Waals surface area contributed by atoms with Crippen LogP contribution in [0.1, 0.15) is 71.6 Å². The molecule has 5 rings (SSSR count). The number of aromatic amines is 1. The van der Waals surface area contributed by atoms with Gasteiger partial charge >= 0.3 is 12.1 Å². The van der Waals surface area contributed by atoms with Crippen molar-refractivity contribution >= 4 is 23.3 Å². The molecule has 1 atom stereocenters. The van der Waals surface area contributed by atoms with Crippen molar-refractivity contribution in [1.82, 2.24) is 19.9 Å². The quantitative estimate of drug-likeness (QED) is 0.174. The normalized spacial score (nSPS) is 14.3. The number of H-pyrrole nitrogens is 1. The SMILES string of the molecule is Cc1nc2c(C3=CCCCC3)c(-c3ccccc3)[nH]n2c(=O)c1-c1ccc(OC(=O)[C@@H](NC(=O)OC(C)(C)C)C(C)C)cc1. The second kappa shape index (κ2) is 12.5. The van der Waals surface area contributed by atoms with Crippen molar-refractivity contribution < 1.29 is 19.1 Å². The van der Waals surface area contributed by atoms with Gasteiger partial charge in [-0.2, -0.15) is 4.52 Å². The van der Waals surface area contributed by atoms with Crippen LogP contribution in [-0.4, -0.2) is 38.3 Å². The van der Waals surface area contributed by atoms with E-state index in [9.17, 15) is 14.4 Å². The summed E-state index contributed by atoms with van der Waals surface area (Å²) in [6.07, 6.45) is 5.78. The van der Waals surface area contributed by atoms with Gasteiger partial charge in [-0.3, -0.25) is 9.89 Å². The van der Waals surface area contributed by atoms with Gasteiger partial charge in [0.05, 0.1) is 17.0 Å². The summed E-state index contributed by atoms with van der Waals surface area (Å²) >= 11 is 0. The first-order chi connectivity index (χ1) is 20.9. The third-order valence-electron chi connectivity index (χ3n) is 7.59. The fourth-order valence-corrected chi connectivity index (χ4v) is 5.50. The molecule has 0 radical (unpaired) electrons. The minimum absolute atomic E-state index is 0.210. The number of esters is 1. The van der Waals surface area contributed by atoms with Crippen LogP contribution in [-0.2, 0) is 9.53 Å². The van der Waals surface area contributed by atoms with Crippen molar-refractivity contribution in [2.75, 3.05) is 0 Å². The van der Waals surface area contributed by atoms with Gasteiger partial charge in [-0.15, -0.1) is 0 Å². The Bertz CT molecular complexity index is 1760. The smallest absolute Gasteiger partial charge is 0.408 e. The molecular weight excluding hydrogens is 556 g/mol. The molecule has 1 aliphatic rings. The molecule has 1 aliphatic carbocycles. The van der Waals surface area contributed by atoms with Crippen molar-refractivity contribution in [2.45, 2.75) is 78.9 Å². The Kier molecular flexibility index (Phi) is 8.76. The summed E-state index contributed by atoms with van der Waals surface area (Å²) in [6, 6.07) is 15.8. The molecule has 0 bridgehead atoms. The molecule has 9 heteroatoms. The first-order valence-corrected chi connectivity index (χ1v) is 15.1. The van der Waals surface area contributed by atoms with Crippen LogP contribution in [0.3, 0.4) is 0 Å². The van der Waals surface area contributed by atoms with Gasteiger partial charge in [0.1, 0.15) is 17.4 Å². The van der Waals surface area contributed by atoms with Crippen molar-refractivity contribution in [1.29, 1.82) is 0 Å². The fourth-order valence-electron chi connectivity index (χ4n) is 5.50. The average molecular weight is 597 g/mol. The summed E-state index contributed by atoms with van der Waals surface area (Å²) in [4.78, 5) is 44.2. The van der Waals surface area contributed by atoms with Crippen molar-refractivity contribution in [3.63, 3.8) is 0 Å². The van der Waals surface area contributed by atoms with E-state index in [1.165, 1.54) is 5.57 Å². The van der Waals surface area contributed by atoms with Gasteiger partial charge in [0.15, 0.2) is 5.65 Å². The summed E-state index contributed by atoms with van der Waals surface area (Å²) in [5.41, 5.74) is 5.48. The van der Waals surface area contributed by atoms with Crippen LogP contribution in [0.2, 0.25) is 0 Å². The van der Waals surface area contributed by atoms with Gasteiger partial charge in [-0.05, 0) is 82.6 Å². The molecule has 2 aromatic heterocycles. The maximum Gasteiger partial charge on any atom is 0.408 e. The predicted molar refractivity (Wildman–Crippen MR) is 171 cm³/mol. The summed E-state index contributed by atoms with van der Waals surface area (Å²) < 4.78 is 12.4. The standard InChI is InChI=1S/C35H40N4O5/c1-21(2)29(37-34(42)44-35(4,5)6)33(41)43-26-19-17-24(18-20-26)27-22(3)36-31-28(23-13-9-7-10-14-23)30(38-39(31)32(27)40)25-15-11-8-12-16-25/h8,11-13,15-21,29,38H,7,9-10,14H2,1-6H3,(H,37,42)/t29-/m0/s1. The highest BCUT2D eigenvalue weighted by molar-refractivity contribution is 5.88. The highest BCUT2D eigenvalue weighted by Gasteiger charge is 2.29. The molecule has 2 aromatic carbocycles. The lowest BCUT2D eigenvalue weighted by Crippen LogP contribution is -2.48. The number of carbonyl (C=O) groups is 2. The van der Waals surface area contributed by atoms with Gasteiger partial charge in [0.25, 0.3) is 5.56 Å². The van der Waals surface area contributed by atoms with Crippen LogP contribution >= 0.6 is 0 Å². The Balaban J connectivity index is 1.46. The van der Waals surface area contributed by atoms with Crippen LogP contribution in [0, 0.1) is 12.8 Å². The summed E-state index contributed by atoms with van der Waals surface area (Å²) in [6.45, 7) is 10.7. The van der Waals surface area contributed by atoms with Crippen molar-refractivity contribution in [3.05, 3.63) is 82.3 Å². The third-order valence-corrected chi connectivity index (χ3v) is 7.59. The summed E-state index contributed by atoms with van der Waals surface area (Å²) in [7, 11) is 0. The number of alkyl carbamates (subject to hydrolysis) is 1. The number of aromatic nitrogens is 3. The topological polar surface area (TPSA) is 115 Å². The van der Waals surface area contributed by atoms with E-state index in [4.69, 9.17) is 14.5 Å². The van der Waals surface area contributed by atoms with Crippen LogP contribution in [0.5, 0.6) is 5.75 Å². The number of rotatable bonds is 7. The zero-order chi connectivity index (χ0) is 31.6. The highest BCUT2D eigenvalue weighted by atomic mass is 16.6. The molecule has 0 spiro atoms. The summed E-state index contributed by atoms with van der Waals surface area (Å²) in [5.74, 6) is -0.548. The molecule has 2 heterocycles. The molecule has 2 N–H and O–H groups in total. The number of nitrogens with one attached hydrogen (secondary N) is 2. The second-order valence-corrected chi connectivity index (χ2v) is 12.6. The molecule has 0 saturated carbocycles. The second-order valence-electron chi connectivity index (χ2n) is 12.6. The largest absolute Gasteiger partial charge is 0.444 e. The Morgan fingerprint density at radius 2 is 1.68 bits per heavy atom. The van der Waals surface area contributed by atoms with E-state index in [2.05, 4.69) is 16.5 Å². The average Bonchev–Trinajstić information content (AvgIpc) is 3.36. The monoisotopic (exact) mass is 596 g/mol. The zero-order valence-corrected chi connectivity index (χ0v) is 26.2. The fraction of sp³-hybridized carbons (Fsp3) is 0.371. The molecule has 0 fully saturated rings. The van der Waals surface area contributed by atoms with Crippen molar-refractivity contribution in [3.8, 4) is 28.1 Å². The lowest BCUT2D eigenvalue weighted by Gasteiger charge is -2.24. The molecule has 0 aliphatic heterocycles. The Hall–Kier alpha value is -4.66. The number of allylic oxidation sites excluding steroid dienone is 2. The Morgan fingerprint density at radius 3 is 2.30 bits per heavy atom. The van der Waals surface area contributed by atoms with Gasteiger partial charge < -0.3 is 14.8 Å². The predicted octanol–water partition coefficient (Wildman–Crippen LogP) is 7.08. The summed E-state index contributed by atoms with van der Waals surface area (Å²) in [5, 5.41) is 5.97. The molecule has 4 aromatic rings. The van der Waals surface area contributed by atoms with Crippen LogP contribution in [0.4, 0.5) is 4.79 Å². The van der Waals surface area contributed by atoms with E-state index in [-0.39, 0.29) is 11.5 Å². The first-order valence-electron chi connectivity index (χ1n) is 15.1. The maximum absolute atomic E-state index is 14.0. The van der Waals surface area contributed by atoms with E-state index in [0.717, 1.165) is 42.5 Å². The molecule has 1 amide bonds. The first kappa shape index (κ1) is 30.8. The van der Waals surface area contributed by atoms with E-state index < -0.39 is 23.7 Å².